The first kappa shape index (κ1) is 20.9. The van der Waals surface area contributed by atoms with Gasteiger partial charge < -0.3 is 4.74 Å². The molecule has 6 heteroatoms. The molecule has 0 radical (unpaired) electrons. The van der Waals surface area contributed by atoms with Crippen molar-refractivity contribution in [3.05, 3.63) is 75.9 Å². The van der Waals surface area contributed by atoms with Crippen LogP contribution in [0.1, 0.15) is 53.5 Å². The zero-order valence-corrected chi connectivity index (χ0v) is 16.7. The van der Waals surface area contributed by atoms with Crippen LogP contribution in [0, 0.1) is 17.6 Å². The summed E-state index contributed by atoms with van der Waals surface area (Å²) in [4.78, 5) is 0. The van der Waals surface area contributed by atoms with E-state index in [0.717, 1.165) is 37.8 Å². The van der Waals surface area contributed by atoms with Crippen molar-refractivity contribution < 1.29 is 26.7 Å². The average molecular weight is 422 g/mol. The number of rotatable bonds is 3. The number of ether oxygens (including phenoxy) is 1. The first-order chi connectivity index (χ1) is 14.2. The number of fused-ring (bicyclic) bond motifs is 3. The van der Waals surface area contributed by atoms with Crippen molar-refractivity contribution in [1.82, 2.24) is 0 Å². The molecule has 0 saturated heterocycles. The van der Waals surface area contributed by atoms with E-state index >= 15 is 0 Å². The molecule has 0 spiro atoms. The number of hydrogen-bond donors (Lipinski definition) is 0. The van der Waals surface area contributed by atoms with E-state index in [1.165, 1.54) is 22.3 Å². The van der Waals surface area contributed by atoms with Gasteiger partial charge in [0.05, 0.1) is 0 Å². The fourth-order valence-corrected chi connectivity index (χ4v) is 4.95. The third-order valence-corrected chi connectivity index (χ3v) is 6.26. The predicted octanol–water partition coefficient (Wildman–Crippen LogP) is 6.82. The molecular formula is C24H23F5O. The Morgan fingerprint density at radius 1 is 0.933 bits per heavy atom. The molecule has 0 aliphatic heterocycles. The first-order valence-corrected chi connectivity index (χ1v) is 10.2. The van der Waals surface area contributed by atoms with Gasteiger partial charge in [-0.1, -0.05) is 24.3 Å². The van der Waals surface area contributed by atoms with Crippen LogP contribution in [0.2, 0.25) is 0 Å². The largest absolute Gasteiger partial charge is 0.573 e. The van der Waals surface area contributed by atoms with Crippen molar-refractivity contribution in [1.29, 1.82) is 0 Å². The van der Waals surface area contributed by atoms with Crippen LogP contribution in [0.4, 0.5) is 22.0 Å². The highest BCUT2D eigenvalue weighted by Gasteiger charge is 2.35. The first-order valence-electron chi connectivity index (χ1n) is 10.2. The van der Waals surface area contributed by atoms with Crippen LogP contribution in [0.15, 0.2) is 36.4 Å². The molecule has 0 N–H and O–H groups in total. The maximum Gasteiger partial charge on any atom is 0.573 e. The van der Waals surface area contributed by atoms with Crippen LogP contribution in [-0.4, -0.2) is 6.36 Å². The van der Waals surface area contributed by atoms with E-state index in [1.54, 1.807) is 0 Å². The lowest BCUT2D eigenvalue weighted by molar-refractivity contribution is -0.276. The molecule has 2 aromatic rings. The summed E-state index contributed by atoms with van der Waals surface area (Å²) in [6, 6.07) is 6.21. The molecule has 30 heavy (non-hydrogen) atoms. The number of alkyl halides is 3. The highest BCUT2D eigenvalue weighted by atomic mass is 19.4. The third kappa shape index (κ3) is 4.23. The smallest absolute Gasteiger partial charge is 0.399 e. The predicted molar refractivity (Wildman–Crippen MR) is 105 cm³/mol. The van der Waals surface area contributed by atoms with Crippen molar-refractivity contribution >= 4 is 0 Å². The average Bonchev–Trinajstić information content (AvgIpc) is 2.69. The van der Waals surface area contributed by atoms with Crippen LogP contribution in [0.5, 0.6) is 5.75 Å². The van der Waals surface area contributed by atoms with E-state index in [-0.39, 0.29) is 5.92 Å². The van der Waals surface area contributed by atoms with Crippen LogP contribution < -0.4 is 4.74 Å². The van der Waals surface area contributed by atoms with Crippen LogP contribution in [0.3, 0.4) is 0 Å². The number of hydrogen-bond acceptors (Lipinski definition) is 1. The van der Waals surface area contributed by atoms with Crippen molar-refractivity contribution in [3.63, 3.8) is 0 Å². The maximum atomic E-state index is 14.1. The van der Waals surface area contributed by atoms with Gasteiger partial charge in [-0.05, 0) is 97.2 Å². The Morgan fingerprint density at radius 2 is 1.53 bits per heavy atom. The molecule has 0 bridgehead atoms. The summed E-state index contributed by atoms with van der Waals surface area (Å²) in [7, 11) is 0. The Hall–Kier alpha value is -2.37. The van der Waals surface area contributed by atoms with Gasteiger partial charge in [-0.3, -0.25) is 0 Å². The molecule has 2 aliphatic rings. The Kier molecular flexibility index (Phi) is 5.60. The summed E-state index contributed by atoms with van der Waals surface area (Å²) < 4.78 is 68.9. The Balaban J connectivity index is 1.57. The van der Waals surface area contributed by atoms with Crippen LogP contribution >= 0.6 is 0 Å². The van der Waals surface area contributed by atoms with Crippen molar-refractivity contribution in [2.45, 2.75) is 57.7 Å². The molecule has 2 aliphatic carbocycles. The summed E-state index contributed by atoms with van der Waals surface area (Å²) in [6.45, 7) is 2.04. The minimum atomic E-state index is -5.14. The Morgan fingerprint density at radius 3 is 2.13 bits per heavy atom. The lowest BCUT2D eigenvalue weighted by Gasteiger charge is -2.31. The van der Waals surface area contributed by atoms with Gasteiger partial charge in [-0.15, -0.1) is 13.2 Å². The van der Waals surface area contributed by atoms with E-state index in [2.05, 4.69) is 29.0 Å². The molecule has 160 valence electrons. The van der Waals surface area contributed by atoms with Gasteiger partial charge in [0, 0.05) is 0 Å². The lowest BCUT2D eigenvalue weighted by Crippen LogP contribution is -2.21. The number of halogens is 5. The molecule has 2 atom stereocenters. The van der Waals surface area contributed by atoms with Gasteiger partial charge >= 0.3 is 6.36 Å². The van der Waals surface area contributed by atoms with Crippen LogP contribution in [0.25, 0.3) is 0 Å². The standard InChI is InChI=1S/C24H23F5O/c1-2-3-14-4-8-19-16(10-14)5-6-17-11-15(7-9-20(17)19)18-12-21(25)23(22(26)13-18)30-24(27,28)29/h2-3,5-6,12-15H,4,7-11H2,1H3. The third-order valence-electron chi connectivity index (χ3n) is 6.26. The van der Waals surface area contributed by atoms with Crippen molar-refractivity contribution in [2.24, 2.45) is 5.92 Å². The zero-order chi connectivity index (χ0) is 21.5. The van der Waals surface area contributed by atoms with E-state index in [0.29, 0.717) is 24.3 Å². The second-order valence-corrected chi connectivity index (χ2v) is 8.17. The Bertz CT molecular complexity index is 953. The van der Waals surface area contributed by atoms with Gasteiger partial charge in [0.25, 0.3) is 0 Å². The number of benzene rings is 2. The highest BCUT2D eigenvalue weighted by Crippen LogP contribution is 2.40. The lowest BCUT2D eigenvalue weighted by atomic mass is 9.74. The summed E-state index contributed by atoms with van der Waals surface area (Å²) in [5, 5.41) is 0. The van der Waals surface area contributed by atoms with E-state index in [9.17, 15) is 22.0 Å². The molecule has 0 saturated carbocycles. The highest BCUT2D eigenvalue weighted by molar-refractivity contribution is 5.46. The molecular weight excluding hydrogens is 399 g/mol. The summed E-state index contributed by atoms with van der Waals surface area (Å²) in [5.74, 6) is -3.62. The fraction of sp³-hybridized carbons (Fsp3) is 0.417. The molecule has 4 rings (SSSR count). The molecule has 0 aromatic heterocycles. The van der Waals surface area contributed by atoms with Gasteiger partial charge in [0.15, 0.2) is 11.6 Å². The topological polar surface area (TPSA) is 9.23 Å². The fourth-order valence-electron chi connectivity index (χ4n) is 4.95. The van der Waals surface area contributed by atoms with Gasteiger partial charge in [-0.25, -0.2) is 8.78 Å². The molecule has 0 fully saturated rings. The summed E-state index contributed by atoms with van der Waals surface area (Å²) in [5.41, 5.74) is 5.69. The summed E-state index contributed by atoms with van der Waals surface area (Å²) in [6.07, 6.45) is 4.54. The minimum Gasteiger partial charge on any atom is -0.399 e. The van der Waals surface area contributed by atoms with E-state index < -0.39 is 23.7 Å². The van der Waals surface area contributed by atoms with Gasteiger partial charge in [0.1, 0.15) is 0 Å². The molecule has 0 amide bonds. The SMILES string of the molecule is CC=CC1CCc2c(ccc3c2CCC(c2cc(F)c(OC(F)(F)F)c(F)c2)C3)C1. The quantitative estimate of drug-likeness (QED) is 0.390. The minimum absolute atomic E-state index is 0.140. The van der Waals surface area contributed by atoms with E-state index in [1.807, 2.05) is 6.92 Å². The maximum absolute atomic E-state index is 14.1. The van der Waals surface area contributed by atoms with Crippen molar-refractivity contribution in [3.8, 4) is 5.75 Å². The van der Waals surface area contributed by atoms with Crippen molar-refractivity contribution in [2.75, 3.05) is 0 Å². The molecule has 0 heterocycles. The van der Waals surface area contributed by atoms with Gasteiger partial charge in [-0.2, -0.15) is 0 Å². The molecule has 1 nitrogen and oxygen atoms in total. The summed E-state index contributed by atoms with van der Waals surface area (Å²) >= 11 is 0. The number of allylic oxidation sites excluding steroid dienone is 2. The van der Waals surface area contributed by atoms with E-state index in [4.69, 9.17) is 0 Å². The second kappa shape index (κ2) is 8.05. The molecule has 2 unspecified atom stereocenters. The molecule has 2 aromatic carbocycles. The normalized spacial score (nSPS) is 21.4. The van der Waals surface area contributed by atoms with Gasteiger partial charge in [0.2, 0.25) is 5.75 Å². The van der Waals surface area contributed by atoms with Crippen LogP contribution in [-0.2, 0) is 25.7 Å². The second-order valence-electron chi connectivity index (χ2n) is 8.17. The zero-order valence-electron chi connectivity index (χ0n) is 16.7. The Labute approximate surface area is 172 Å². The monoisotopic (exact) mass is 422 g/mol.